The van der Waals surface area contributed by atoms with E-state index in [-0.39, 0.29) is 11.8 Å². The van der Waals surface area contributed by atoms with Gasteiger partial charge in [-0.2, -0.15) is 0 Å². The van der Waals surface area contributed by atoms with Gasteiger partial charge in [0.25, 0.3) is 0 Å². The van der Waals surface area contributed by atoms with Gasteiger partial charge in [0, 0.05) is 12.2 Å². The second-order valence-corrected chi connectivity index (χ2v) is 4.80. The van der Waals surface area contributed by atoms with Crippen LogP contribution in [0, 0.1) is 5.92 Å². The molecule has 14 heavy (non-hydrogen) atoms. The van der Waals surface area contributed by atoms with Crippen LogP contribution in [0.4, 0.5) is 0 Å². The minimum atomic E-state index is -0.0654. The molecule has 3 nitrogen and oxygen atoms in total. The number of rotatable bonds is 4. The number of hydrogen-bond acceptors (Lipinski definition) is 4. The molecule has 1 heterocycles. The van der Waals surface area contributed by atoms with E-state index >= 15 is 0 Å². The zero-order valence-corrected chi connectivity index (χ0v) is 9.86. The Morgan fingerprint density at radius 2 is 2.36 bits per heavy atom. The van der Waals surface area contributed by atoms with E-state index in [0.29, 0.717) is 12.3 Å². The molecule has 0 saturated carbocycles. The lowest BCUT2D eigenvalue weighted by atomic mass is 9.99. The highest BCUT2D eigenvalue weighted by Crippen LogP contribution is 2.13. The van der Waals surface area contributed by atoms with Gasteiger partial charge in [-0.1, -0.05) is 32.5 Å². The molecule has 0 amide bonds. The molecular weight excluding hydrogens is 196 g/mol. The maximum atomic E-state index is 11.6. The molecule has 0 saturated heterocycles. The molecule has 0 aromatic carbocycles. The first kappa shape index (κ1) is 11.6. The highest BCUT2D eigenvalue weighted by molar-refractivity contribution is 8.14. The van der Waals surface area contributed by atoms with E-state index in [2.05, 4.69) is 24.2 Å². The average Bonchev–Trinajstić information content (AvgIpc) is 2.65. The molecule has 0 aromatic rings. The van der Waals surface area contributed by atoms with Crippen molar-refractivity contribution < 1.29 is 4.79 Å². The molecule has 1 N–H and O–H groups in total. The van der Waals surface area contributed by atoms with E-state index in [4.69, 9.17) is 0 Å². The predicted molar refractivity (Wildman–Crippen MR) is 61.8 cm³/mol. The Morgan fingerprint density at radius 3 is 2.79 bits per heavy atom. The monoisotopic (exact) mass is 214 g/mol. The van der Waals surface area contributed by atoms with Crippen molar-refractivity contribution >= 4 is 22.7 Å². The maximum absolute atomic E-state index is 11.6. The molecule has 1 rings (SSSR count). The third-order valence-electron chi connectivity index (χ3n) is 2.23. The average molecular weight is 214 g/mol. The first-order chi connectivity index (χ1) is 6.65. The van der Waals surface area contributed by atoms with E-state index in [1.807, 2.05) is 6.92 Å². The predicted octanol–water partition coefficient (Wildman–Crippen LogP) is 1.68. The molecule has 1 aliphatic rings. The number of ketones is 1. The highest BCUT2D eigenvalue weighted by atomic mass is 32.2. The summed E-state index contributed by atoms with van der Waals surface area (Å²) in [6.45, 7) is 6.90. The van der Waals surface area contributed by atoms with Crippen molar-refractivity contribution in [3.8, 4) is 0 Å². The van der Waals surface area contributed by atoms with E-state index in [1.165, 1.54) is 0 Å². The van der Waals surface area contributed by atoms with Gasteiger partial charge in [0.05, 0.1) is 12.6 Å². The molecule has 0 radical (unpaired) electrons. The Kier molecular flexibility index (Phi) is 4.45. The summed E-state index contributed by atoms with van der Waals surface area (Å²) in [4.78, 5) is 15.9. The van der Waals surface area contributed by atoms with Crippen molar-refractivity contribution in [3.63, 3.8) is 0 Å². The topological polar surface area (TPSA) is 41.5 Å². The maximum Gasteiger partial charge on any atom is 0.157 e. The van der Waals surface area contributed by atoms with Gasteiger partial charge in [0.2, 0.25) is 0 Å². The van der Waals surface area contributed by atoms with Crippen molar-refractivity contribution in [2.45, 2.75) is 33.2 Å². The summed E-state index contributed by atoms with van der Waals surface area (Å²) in [5.74, 6) is 1.63. The lowest BCUT2D eigenvalue weighted by Gasteiger charge is -2.21. The van der Waals surface area contributed by atoms with E-state index in [1.54, 1.807) is 11.8 Å². The third kappa shape index (κ3) is 3.01. The quantitative estimate of drug-likeness (QED) is 0.774. The van der Waals surface area contributed by atoms with Crippen LogP contribution in [0.3, 0.4) is 0 Å². The number of amidine groups is 1. The Hall–Kier alpha value is -0.510. The number of Topliss-reactive ketones (excluding diaryl/α,β-unsaturated/α-hetero) is 1. The second-order valence-electron chi connectivity index (χ2n) is 3.72. The Balaban J connectivity index is 2.54. The van der Waals surface area contributed by atoms with Crippen LogP contribution in [0.5, 0.6) is 0 Å². The van der Waals surface area contributed by atoms with Crippen LogP contribution in [0.15, 0.2) is 4.99 Å². The lowest BCUT2D eigenvalue weighted by molar-refractivity contribution is -0.121. The van der Waals surface area contributed by atoms with Gasteiger partial charge in [-0.15, -0.1) is 0 Å². The molecule has 1 atom stereocenters. The van der Waals surface area contributed by atoms with Gasteiger partial charge >= 0.3 is 0 Å². The van der Waals surface area contributed by atoms with Crippen LogP contribution in [-0.4, -0.2) is 29.3 Å². The van der Waals surface area contributed by atoms with E-state index in [9.17, 15) is 4.79 Å². The van der Waals surface area contributed by atoms with Crippen molar-refractivity contribution in [2.75, 3.05) is 12.3 Å². The fourth-order valence-corrected chi connectivity index (χ4v) is 2.16. The SMILES string of the molecule is CCC(=O)[C@@H](NC1=NCCS1)C(C)C. The van der Waals surface area contributed by atoms with Crippen LogP contribution in [0.2, 0.25) is 0 Å². The van der Waals surface area contributed by atoms with Crippen LogP contribution >= 0.6 is 11.8 Å². The summed E-state index contributed by atoms with van der Waals surface area (Å²) in [6.07, 6.45) is 0.591. The van der Waals surface area contributed by atoms with Crippen LogP contribution in [0.25, 0.3) is 0 Å². The highest BCUT2D eigenvalue weighted by Gasteiger charge is 2.22. The Morgan fingerprint density at radius 1 is 1.64 bits per heavy atom. The molecule has 80 valence electrons. The normalized spacial score (nSPS) is 18.1. The molecule has 4 heteroatoms. The van der Waals surface area contributed by atoms with Crippen LogP contribution < -0.4 is 5.32 Å². The summed E-state index contributed by atoms with van der Waals surface area (Å²) in [5, 5.41) is 4.17. The minimum Gasteiger partial charge on any atom is -0.355 e. The van der Waals surface area contributed by atoms with E-state index < -0.39 is 0 Å². The smallest absolute Gasteiger partial charge is 0.157 e. The van der Waals surface area contributed by atoms with Crippen molar-refractivity contribution in [1.29, 1.82) is 0 Å². The Labute approximate surface area is 89.7 Å². The number of carbonyl (C=O) groups is 1. The molecule has 0 unspecified atom stereocenters. The van der Waals surface area contributed by atoms with Crippen molar-refractivity contribution in [2.24, 2.45) is 10.9 Å². The van der Waals surface area contributed by atoms with Gasteiger partial charge in [0.15, 0.2) is 11.0 Å². The summed E-state index contributed by atoms with van der Waals surface area (Å²) < 4.78 is 0. The molecule has 0 aromatic heterocycles. The second kappa shape index (κ2) is 5.39. The first-order valence-corrected chi connectivity index (χ1v) is 6.10. The minimum absolute atomic E-state index is 0.0654. The zero-order valence-electron chi connectivity index (χ0n) is 9.04. The third-order valence-corrected chi connectivity index (χ3v) is 3.13. The van der Waals surface area contributed by atoms with Crippen molar-refractivity contribution in [3.05, 3.63) is 0 Å². The van der Waals surface area contributed by atoms with Crippen LogP contribution in [0.1, 0.15) is 27.2 Å². The van der Waals surface area contributed by atoms with Gasteiger partial charge in [-0.05, 0) is 5.92 Å². The number of thioether (sulfide) groups is 1. The summed E-state index contributed by atoms with van der Waals surface area (Å²) >= 11 is 1.70. The lowest BCUT2D eigenvalue weighted by Crippen LogP contribution is -2.42. The van der Waals surface area contributed by atoms with E-state index in [0.717, 1.165) is 17.5 Å². The summed E-state index contributed by atoms with van der Waals surface area (Å²) in [6, 6.07) is -0.0654. The molecule has 0 fully saturated rings. The number of nitrogens with zero attached hydrogens (tertiary/aromatic N) is 1. The summed E-state index contributed by atoms with van der Waals surface area (Å²) in [7, 11) is 0. The molecule has 0 aliphatic carbocycles. The standard InChI is InChI=1S/C10H18N2OS/c1-4-8(13)9(7(2)3)12-10-11-5-6-14-10/h7,9H,4-6H2,1-3H3,(H,11,12)/t9-/m0/s1. The molecular formula is C10H18N2OS. The van der Waals surface area contributed by atoms with Crippen molar-refractivity contribution in [1.82, 2.24) is 5.32 Å². The first-order valence-electron chi connectivity index (χ1n) is 5.11. The number of carbonyl (C=O) groups excluding carboxylic acids is 1. The number of nitrogens with one attached hydrogen (secondary N) is 1. The van der Waals surface area contributed by atoms with Gasteiger partial charge in [0.1, 0.15) is 0 Å². The molecule has 0 spiro atoms. The van der Waals surface area contributed by atoms with Gasteiger partial charge in [-0.3, -0.25) is 9.79 Å². The fourth-order valence-electron chi connectivity index (χ4n) is 1.39. The Bertz CT molecular complexity index is 238. The zero-order chi connectivity index (χ0) is 10.6. The van der Waals surface area contributed by atoms with Gasteiger partial charge < -0.3 is 5.32 Å². The van der Waals surface area contributed by atoms with Gasteiger partial charge in [-0.25, -0.2) is 0 Å². The number of aliphatic imine (C=N–C) groups is 1. The molecule has 0 bridgehead atoms. The summed E-state index contributed by atoms with van der Waals surface area (Å²) in [5.41, 5.74) is 0. The number of hydrogen-bond donors (Lipinski definition) is 1. The largest absolute Gasteiger partial charge is 0.355 e. The van der Waals surface area contributed by atoms with Crippen LogP contribution in [-0.2, 0) is 4.79 Å². The fraction of sp³-hybridized carbons (Fsp3) is 0.800. The molecule has 1 aliphatic heterocycles.